The van der Waals surface area contributed by atoms with Crippen LogP contribution >= 0.6 is 0 Å². The first kappa shape index (κ1) is 18.4. The van der Waals surface area contributed by atoms with Crippen molar-refractivity contribution in [3.05, 3.63) is 29.8 Å². The lowest BCUT2D eigenvalue weighted by atomic mass is 9.92. The molecule has 25 heavy (non-hydrogen) atoms. The van der Waals surface area contributed by atoms with Crippen molar-refractivity contribution in [2.75, 3.05) is 19.6 Å². The number of carboxylic acid groups (broad SMARTS) is 1. The molecule has 3 rings (SSSR count). The first-order valence-electron chi connectivity index (χ1n) is 9.02. The van der Waals surface area contributed by atoms with Crippen molar-refractivity contribution in [1.29, 1.82) is 0 Å². The van der Waals surface area contributed by atoms with Crippen LogP contribution in [0.4, 0.5) is 0 Å². The van der Waals surface area contributed by atoms with E-state index >= 15 is 0 Å². The lowest BCUT2D eigenvalue weighted by molar-refractivity contribution is 0.0692. The fourth-order valence-electron chi connectivity index (χ4n) is 4.19. The maximum atomic E-state index is 12.7. The van der Waals surface area contributed by atoms with Gasteiger partial charge in [0.05, 0.1) is 10.5 Å². The van der Waals surface area contributed by atoms with Gasteiger partial charge in [0.2, 0.25) is 10.0 Å². The van der Waals surface area contributed by atoms with Gasteiger partial charge in [0.15, 0.2) is 0 Å². The lowest BCUT2D eigenvalue weighted by Gasteiger charge is -2.43. The molecule has 1 aliphatic carbocycles. The van der Waals surface area contributed by atoms with Crippen LogP contribution in [0.1, 0.15) is 55.3 Å². The summed E-state index contributed by atoms with van der Waals surface area (Å²) in [6, 6.07) is 5.77. The smallest absolute Gasteiger partial charge is 0.337 e. The van der Waals surface area contributed by atoms with Gasteiger partial charge in [0.1, 0.15) is 0 Å². The van der Waals surface area contributed by atoms with Crippen LogP contribution in [0.3, 0.4) is 0 Å². The minimum atomic E-state index is -3.86. The van der Waals surface area contributed by atoms with Crippen molar-refractivity contribution in [2.24, 2.45) is 0 Å². The van der Waals surface area contributed by atoms with E-state index in [1.807, 2.05) is 0 Å². The second kappa shape index (κ2) is 7.43. The molecule has 1 heterocycles. The highest BCUT2D eigenvalue weighted by molar-refractivity contribution is 7.89. The molecule has 0 amide bonds. The Morgan fingerprint density at radius 3 is 2.36 bits per heavy atom. The zero-order valence-corrected chi connectivity index (χ0v) is 15.2. The lowest BCUT2D eigenvalue weighted by Crippen LogP contribution is -2.55. The molecule has 0 bridgehead atoms. The van der Waals surface area contributed by atoms with Crippen LogP contribution < -0.4 is 4.72 Å². The third-order valence-electron chi connectivity index (χ3n) is 5.56. The number of piperidine rings is 1. The fraction of sp³-hybridized carbons (Fsp3) is 0.611. The minimum Gasteiger partial charge on any atom is -0.478 e. The number of nitrogens with one attached hydrogen (secondary N) is 1. The summed E-state index contributed by atoms with van der Waals surface area (Å²) >= 11 is 0. The second-order valence-corrected chi connectivity index (χ2v) is 8.84. The van der Waals surface area contributed by atoms with Crippen LogP contribution in [0.2, 0.25) is 0 Å². The monoisotopic (exact) mass is 366 g/mol. The van der Waals surface area contributed by atoms with Crippen LogP contribution in [-0.4, -0.2) is 49.6 Å². The van der Waals surface area contributed by atoms with E-state index in [-0.39, 0.29) is 16.0 Å². The molecule has 1 aromatic carbocycles. The van der Waals surface area contributed by atoms with E-state index in [0.717, 1.165) is 51.6 Å². The third kappa shape index (κ3) is 3.88. The average molecular weight is 366 g/mol. The van der Waals surface area contributed by atoms with Gasteiger partial charge in [-0.25, -0.2) is 17.9 Å². The number of hydrogen-bond donors (Lipinski definition) is 2. The van der Waals surface area contributed by atoms with Crippen molar-refractivity contribution >= 4 is 16.0 Å². The van der Waals surface area contributed by atoms with E-state index in [9.17, 15) is 18.3 Å². The number of carboxylic acids is 1. The van der Waals surface area contributed by atoms with Crippen LogP contribution in [0, 0.1) is 0 Å². The zero-order chi connectivity index (χ0) is 17.9. The highest BCUT2D eigenvalue weighted by Crippen LogP contribution is 2.36. The van der Waals surface area contributed by atoms with Gasteiger partial charge in [-0.1, -0.05) is 31.4 Å². The topological polar surface area (TPSA) is 86.7 Å². The molecule has 0 spiro atoms. The molecule has 0 radical (unpaired) electrons. The normalized spacial score (nSPS) is 21.3. The van der Waals surface area contributed by atoms with Gasteiger partial charge in [-0.15, -0.1) is 0 Å². The first-order valence-corrected chi connectivity index (χ1v) is 10.5. The van der Waals surface area contributed by atoms with E-state index in [1.54, 1.807) is 6.07 Å². The number of hydrogen-bond acceptors (Lipinski definition) is 4. The highest BCUT2D eigenvalue weighted by Gasteiger charge is 2.40. The maximum absolute atomic E-state index is 12.7. The van der Waals surface area contributed by atoms with Crippen LogP contribution in [-0.2, 0) is 10.0 Å². The van der Waals surface area contributed by atoms with E-state index in [4.69, 9.17) is 0 Å². The van der Waals surface area contributed by atoms with Gasteiger partial charge in [-0.05, 0) is 50.9 Å². The van der Waals surface area contributed by atoms with Crippen LogP contribution in [0.5, 0.6) is 0 Å². The molecule has 2 N–H and O–H groups in total. The summed E-state index contributed by atoms with van der Waals surface area (Å²) in [6.45, 7) is 2.39. The summed E-state index contributed by atoms with van der Waals surface area (Å²) in [4.78, 5) is 13.6. The number of carbonyl (C=O) groups is 1. The molecular formula is C18H26N2O4S. The Labute approximate surface area is 149 Å². The van der Waals surface area contributed by atoms with Gasteiger partial charge >= 0.3 is 5.97 Å². The van der Waals surface area contributed by atoms with E-state index < -0.39 is 16.0 Å². The molecule has 2 aliphatic rings. The standard InChI is InChI=1S/C18H26N2O4S/c21-17(22)15-8-2-3-9-16(15)25(23,24)19-14-18(10-4-5-11-18)20-12-6-1-7-13-20/h2-3,8-9,19H,1,4-7,10-14H2,(H,21,22). The van der Waals surface area contributed by atoms with Crippen molar-refractivity contribution in [3.63, 3.8) is 0 Å². The number of rotatable bonds is 6. The van der Waals surface area contributed by atoms with Gasteiger partial charge in [0.25, 0.3) is 0 Å². The minimum absolute atomic E-state index is 0.119. The number of benzene rings is 1. The molecule has 7 heteroatoms. The van der Waals surface area contributed by atoms with Gasteiger partial charge < -0.3 is 5.11 Å². The SMILES string of the molecule is O=C(O)c1ccccc1S(=O)(=O)NCC1(N2CCCCC2)CCCC1. The van der Waals surface area contributed by atoms with Crippen LogP contribution in [0.15, 0.2) is 29.2 Å². The Kier molecular flexibility index (Phi) is 5.46. The van der Waals surface area contributed by atoms with Gasteiger partial charge in [-0.3, -0.25) is 4.90 Å². The van der Waals surface area contributed by atoms with Gasteiger partial charge in [0, 0.05) is 12.1 Å². The Morgan fingerprint density at radius 1 is 1.08 bits per heavy atom. The molecule has 1 saturated heterocycles. The number of likely N-dealkylation sites (tertiary alicyclic amines) is 1. The Balaban J connectivity index is 1.80. The zero-order valence-electron chi connectivity index (χ0n) is 14.4. The average Bonchev–Trinajstić information content (AvgIpc) is 3.11. The summed E-state index contributed by atoms with van der Waals surface area (Å²) in [5.74, 6) is -1.23. The van der Waals surface area contributed by atoms with Crippen molar-refractivity contribution in [3.8, 4) is 0 Å². The highest BCUT2D eigenvalue weighted by atomic mass is 32.2. The number of nitrogens with zero attached hydrogens (tertiary/aromatic N) is 1. The predicted molar refractivity (Wildman–Crippen MR) is 95.2 cm³/mol. The van der Waals surface area contributed by atoms with Crippen molar-refractivity contribution in [1.82, 2.24) is 9.62 Å². The van der Waals surface area contributed by atoms with Crippen molar-refractivity contribution in [2.45, 2.75) is 55.4 Å². The number of sulfonamides is 1. The summed E-state index contributed by atoms with van der Waals surface area (Å²) in [5.41, 5.74) is -0.306. The fourth-order valence-corrected chi connectivity index (χ4v) is 5.51. The molecular weight excluding hydrogens is 340 g/mol. The van der Waals surface area contributed by atoms with E-state index in [1.165, 1.54) is 24.6 Å². The molecule has 0 aromatic heterocycles. The maximum Gasteiger partial charge on any atom is 0.337 e. The first-order chi connectivity index (χ1) is 11.9. The molecule has 6 nitrogen and oxygen atoms in total. The van der Waals surface area contributed by atoms with E-state index in [0.29, 0.717) is 6.54 Å². The molecule has 1 saturated carbocycles. The molecule has 138 valence electrons. The van der Waals surface area contributed by atoms with Gasteiger partial charge in [-0.2, -0.15) is 0 Å². The van der Waals surface area contributed by atoms with Crippen LogP contribution in [0.25, 0.3) is 0 Å². The second-order valence-electron chi connectivity index (χ2n) is 7.11. The largest absolute Gasteiger partial charge is 0.478 e. The molecule has 0 unspecified atom stereocenters. The number of aromatic carboxylic acids is 1. The Bertz CT molecular complexity index is 720. The predicted octanol–water partition coefficient (Wildman–Crippen LogP) is 2.46. The molecule has 2 fully saturated rings. The summed E-state index contributed by atoms with van der Waals surface area (Å²) in [6.07, 6.45) is 7.79. The quantitative estimate of drug-likeness (QED) is 0.808. The Hall–Kier alpha value is -1.44. The third-order valence-corrected chi connectivity index (χ3v) is 7.02. The molecule has 0 atom stereocenters. The van der Waals surface area contributed by atoms with Crippen molar-refractivity contribution < 1.29 is 18.3 Å². The van der Waals surface area contributed by atoms with E-state index in [2.05, 4.69) is 9.62 Å². The summed E-state index contributed by atoms with van der Waals surface area (Å²) < 4.78 is 28.2. The summed E-state index contributed by atoms with van der Waals surface area (Å²) in [7, 11) is -3.86. The molecule has 1 aliphatic heterocycles. The Morgan fingerprint density at radius 2 is 1.72 bits per heavy atom. The summed E-state index contributed by atoms with van der Waals surface area (Å²) in [5, 5.41) is 9.26. The molecule has 1 aromatic rings.